The number of thiophene rings is 1. The van der Waals surface area contributed by atoms with Crippen molar-refractivity contribution in [2.24, 2.45) is 0 Å². The Morgan fingerprint density at radius 1 is 1.33 bits per heavy atom. The molecule has 0 aliphatic heterocycles. The Morgan fingerprint density at radius 2 is 2.24 bits per heavy atom. The number of fused-ring (bicyclic) bond motifs is 1. The van der Waals surface area contributed by atoms with Gasteiger partial charge in [-0.2, -0.15) is 11.3 Å². The van der Waals surface area contributed by atoms with E-state index in [1.54, 1.807) is 11.3 Å². The molecule has 0 aliphatic carbocycles. The van der Waals surface area contributed by atoms with Gasteiger partial charge in [-0.1, -0.05) is 30.7 Å². The molecule has 0 bridgehead atoms. The van der Waals surface area contributed by atoms with Gasteiger partial charge in [-0.05, 0) is 53.9 Å². The Hall–Kier alpha value is -1.29. The molecule has 21 heavy (non-hydrogen) atoms. The molecular formula is C17H18ClNOS. The number of para-hydroxylation sites is 1. The lowest BCUT2D eigenvalue weighted by atomic mass is 10.1. The summed E-state index contributed by atoms with van der Waals surface area (Å²) in [4.78, 5) is 0. The van der Waals surface area contributed by atoms with Gasteiger partial charge in [-0.15, -0.1) is 0 Å². The Labute approximate surface area is 133 Å². The van der Waals surface area contributed by atoms with Crippen LogP contribution in [0.2, 0.25) is 5.02 Å². The zero-order valence-corrected chi connectivity index (χ0v) is 13.5. The first-order valence-corrected chi connectivity index (χ1v) is 8.52. The fourth-order valence-corrected chi connectivity index (χ4v) is 3.36. The third-order valence-corrected chi connectivity index (χ3v) is 4.55. The highest BCUT2D eigenvalue weighted by atomic mass is 35.5. The van der Waals surface area contributed by atoms with Crippen molar-refractivity contribution in [2.45, 2.75) is 25.8 Å². The van der Waals surface area contributed by atoms with Crippen molar-refractivity contribution in [1.29, 1.82) is 0 Å². The van der Waals surface area contributed by atoms with Gasteiger partial charge in [0.1, 0.15) is 5.76 Å². The van der Waals surface area contributed by atoms with Gasteiger partial charge in [-0.25, -0.2) is 0 Å². The Bertz CT molecular complexity index is 705. The average molecular weight is 320 g/mol. The molecule has 3 rings (SSSR count). The summed E-state index contributed by atoms with van der Waals surface area (Å²) in [5, 5.41) is 9.61. The minimum absolute atomic E-state index is 0.183. The van der Waals surface area contributed by atoms with Crippen LogP contribution >= 0.6 is 22.9 Å². The van der Waals surface area contributed by atoms with Crippen molar-refractivity contribution >= 4 is 33.9 Å². The largest absolute Gasteiger partial charge is 0.458 e. The molecule has 0 amide bonds. The monoisotopic (exact) mass is 319 g/mol. The first-order chi connectivity index (χ1) is 10.3. The van der Waals surface area contributed by atoms with Crippen molar-refractivity contribution in [3.05, 3.63) is 57.4 Å². The number of halogens is 1. The number of hydrogen-bond acceptors (Lipinski definition) is 3. The van der Waals surface area contributed by atoms with Crippen LogP contribution < -0.4 is 5.32 Å². The number of rotatable bonds is 6. The lowest BCUT2D eigenvalue weighted by Gasteiger charge is -2.15. The van der Waals surface area contributed by atoms with E-state index < -0.39 is 0 Å². The average Bonchev–Trinajstić information content (AvgIpc) is 3.13. The van der Waals surface area contributed by atoms with Gasteiger partial charge >= 0.3 is 0 Å². The topological polar surface area (TPSA) is 25.2 Å². The van der Waals surface area contributed by atoms with Crippen molar-refractivity contribution in [3.63, 3.8) is 0 Å². The highest BCUT2D eigenvalue weighted by Crippen LogP contribution is 2.30. The van der Waals surface area contributed by atoms with Gasteiger partial charge in [0.2, 0.25) is 0 Å². The smallest absolute Gasteiger partial charge is 0.152 e. The van der Waals surface area contributed by atoms with E-state index in [0.717, 1.165) is 36.1 Å². The minimum Gasteiger partial charge on any atom is -0.458 e. The van der Waals surface area contributed by atoms with Crippen LogP contribution in [-0.2, 0) is 6.42 Å². The van der Waals surface area contributed by atoms with Crippen LogP contribution in [0.4, 0.5) is 0 Å². The molecule has 2 heterocycles. The molecule has 0 aliphatic rings. The third kappa shape index (κ3) is 3.31. The second kappa shape index (κ2) is 6.65. The molecule has 2 aromatic heterocycles. The van der Waals surface area contributed by atoms with E-state index in [1.165, 1.54) is 5.56 Å². The summed E-state index contributed by atoms with van der Waals surface area (Å²) in [5.74, 6) is 0.956. The molecule has 1 aromatic carbocycles. The van der Waals surface area contributed by atoms with E-state index in [0.29, 0.717) is 5.02 Å². The van der Waals surface area contributed by atoms with Crippen LogP contribution in [0.15, 0.2) is 45.5 Å². The van der Waals surface area contributed by atoms with Crippen LogP contribution in [0.3, 0.4) is 0 Å². The maximum Gasteiger partial charge on any atom is 0.152 e. The Kier molecular flexibility index (Phi) is 4.63. The summed E-state index contributed by atoms with van der Waals surface area (Å²) in [7, 11) is 0. The van der Waals surface area contributed by atoms with Gasteiger partial charge in [0.25, 0.3) is 0 Å². The maximum atomic E-state index is 6.21. The van der Waals surface area contributed by atoms with E-state index in [2.05, 4.69) is 35.1 Å². The summed E-state index contributed by atoms with van der Waals surface area (Å²) in [6, 6.07) is 10.3. The molecular weight excluding hydrogens is 302 g/mol. The van der Waals surface area contributed by atoms with E-state index in [9.17, 15) is 0 Å². The van der Waals surface area contributed by atoms with Crippen molar-refractivity contribution in [1.82, 2.24) is 5.32 Å². The molecule has 3 aromatic rings. The Balaban J connectivity index is 1.91. The molecule has 110 valence electrons. The normalized spacial score (nSPS) is 12.9. The van der Waals surface area contributed by atoms with E-state index in [4.69, 9.17) is 16.0 Å². The lowest BCUT2D eigenvalue weighted by Crippen LogP contribution is -2.23. The van der Waals surface area contributed by atoms with Crippen LogP contribution in [0.1, 0.15) is 30.7 Å². The number of hydrogen-bond donors (Lipinski definition) is 1. The third-order valence-electron chi connectivity index (χ3n) is 3.52. The molecule has 0 saturated heterocycles. The second-order valence-electron chi connectivity index (χ2n) is 5.15. The predicted octanol–water partition coefficient (Wildman–Crippen LogP) is 5.43. The molecule has 4 heteroatoms. The molecule has 2 nitrogen and oxygen atoms in total. The highest BCUT2D eigenvalue weighted by Gasteiger charge is 2.17. The summed E-state index contributed by atoms with van der Waals surface area (Å²) in [6.45, 7) is 3.14. The first-order valence-electron chi connectivity index (χ1n) is 7.20. The summed E-state index contributed by atoms with van der Waals surface area (Å²) in [6.07, 6.45) is 2.03. The second-order valence-corrected chi connectivity index (χ2v) is 6.34. The van der Waals surface area contributed by atoms with Gasteiger partial charge in [0.15, 0.2) is 5.58 Å². The standard InChI is InChI=1S/C17H18ClNOS/c1-2-7-19-15(9-12-6-8-21-11-12)16-10-13-4-3-5-14(18)17(13)20-16/h3-6,8,10-11,15,19H,2,7,9H2,1H3. The van der Waals surface area contributed by atoms with Crippen LogP contribution in [0.25, 0.3) is 11.0 Å². The quantitative estimate of drug-likeness (QED) is 0.655. The zero-order valence-electron chi connectivity index (χ0n) is 11.9. The van der Waals surface area contributed by atoms with Gasteiger partial charge in [-0.3, -0.25) is 0 Å². The molecule has 0 spiro atoms. The molecule has 0 radical (unpaired) electrons. The fourth-order valence-electron chi connectivity index (χ4n) is 2.46. The summed E-state index contributed by atoms with van der Waals surface area (Å²) < 4.78 is 6.02. The van der Waals surface area contributed by atoms with Crippen LogP contribution in [0, 0.1) is 0 Å². The summed E-state index contributed by atoms with van der Waals surface area (Å²) >= 11 is 7.94. The van der Waals surface area contributed by atoms with Gasteiger partial charge in [0, 0.05) is 5.39 Å². The fraction of sp³-hybridized carbons (Fsp3) is 0.294. The molecule has 1 N–H and O–H groups in total. The van der Waals surface area contributed by atoms with Crippen LogP contribution in [-0.4, -0.2) is 6.54 Å². The lowest BCUT2D eigenvalue weighted by molar-refractivity contribution is 0.428. The number of benzene rings is 1. The molecule has 1 unspecified atom stereocenters. The first kappa shape index (κ1) is 14.6. The van der Waals surface area contributed by atoms with Crippen LogP contribution in [0.5, 0.6) is 0 Å². The van der Waals surface area contributed by atoms with Crippen molar-refractivity contribution in [3.8, 4) is 0 Å². The SMILES string of the molecule is CCCNC(Cc1ccsc1)c1cc2cccc(Cl)c2o1. The molecule has 0 saturated carbocycles. The Morgan fingerprint density at radius 3 is 2.95 bits per heavy atom. The maximum absolute atomic E-state index is 6.21. The van der Waals surface area contributed by atoms with Gasteiger partial charge in [0.05, 0.1) is 11.1 Å². The molecule has 0 fully saturated rings. The van der Waals surface area contributed by atoms with Crippen molar-refractivity contribution in [2.75, 3.05) is 6.54 Å². The minimum atomic E-state index is 0.183. The van der Waals surface area contributed by atoms with E-state index >= 15 is 0 Å². The van der Waals surface area contributed by atoms with E-state index in [1.807, 2.05) is 18.2 Å². The summed E-state index contributed by atoms with van der Waals surface area (Å²) in [5.41, 5.74) is 2.11. The highest BCUT2D eigenvalue weighted by molar-refractivity contribution is 7.07. The zero-order chi connectivity index (χ0) is 14.7. The number of nitrogens with one attached hydrogen (secondary N) is 1. The molecule has 1 atom stereocenters. The number of furan rings is 1. The van der Waals surface area contributed by atoms with Gasteiger partial charge < -0.3 is 9.73 Å². The van der Waals surface area contributed by atoms with E-state index in [-0.39, 0.29) is 6.04 Å². The van der Waals surface area contributed by atoms with Crippen molar-refractivity contribution < 1.29 is 4.42 Å². The predicted molar refractivity (Wildman–Crippen MR) is 90.3 cm³/mol.